The van der Waals surface area contributed by atoms with Crippen LogP contribution in [-0.4, -0.2) is 33.1 Å². The van der Waals surface area contributed by atoms with Crippen molar-refractivity contribution in [1.82, 2.24) is 0 Å². The van der Waals surface area contributed by atoms with E-state index in [2.05, 4.69) is 13.2 Å². The summed E-state index contributed by atoms with van der Waals surface area (Å²) in [6.45, 7) is 8.18. The third-order valence-electron chi connectivity index (χ3n) is 1.11. The van der Waals surface area contributed by atoms with Crippen LogP contribution in [-0.2, 0) is 15.0 Å². The van der Waals surface area contributed by atoms with Crippen molar-refractivity contribution in [3.8, 4) is 0 Å². The Hall–Kier alpha value is -1.03. The molecule has 0 rings (SSSR count). The molecule has 0 aromatic heterocycles. The van der Waals surface area contributed by atoms with Crippen molar-refractivity contribution in [1.29, 1.82) is 0 Å². The lowest BCUT2D eigenvalue weighted by Crippen LogP contribution is -2.41. The minimum Gasteiger partial charge on any atom is -0.373 e. The molecule has 0 aromatic rings. The Kier molecular flexibility index (Phi) is 7.96. The Bertz CT molecular complexity index is 352. The monoisotopic (exact) mass is 300 g/mol. The third kappa shape index (κ3) is 6.64. The van der Waals surface area contributed by atoms with Crippen molar-refractivity contribution in [3.05, 3.63) is 25.3 Å². The SMILES string of the molecule is C=CCOCC=C.O=S(=O)(F)C(F)(F)C(F)(F)F. The number of halogens is 6. The lowest BCUT2D eigenvalue weighted by atomic mass is 10.6. The van der Waals surface area contributed by atoms with Gasteiger partial charge in [0.05, 0.1) is 13.2 Å². The molecule has 0 heterocycles. The highest BCUT2D eigenvalue weighted by Gasteiger charge is 2.68. The first-order valence-electron chi connectivity index (χ1n) is 4.10. The number of ether oxygens (including phenoxy) is 1. The van der Waals surface area contributed by atoms with E-state index >= 15 is 0 Å². The zero-order valence-corrected chi connectivity index (χ0v) is 9.70. The van der Waals surface area contributed by atoms with E-state index in [4.69, 9.17) is 13.2 Å². The van der Waals surface area contributed by atoms with Crippen LogP contribution in [0.5, 0.6) is 0 Å². The molecule has 18 heavy (non-hydrogen) atoms. The van der Waals surface area contributed by atoms with Crippen molar-refractivity contribution < 1.29 is 39.0 Å². The highest BCUT2D eigenvalue weighted by molar-refractivity contribution is 7.87. The zero-order chi connectivity index (χ0) is 15.0. The quantitative estimate of drug-likeness (QED) is 0.339. The van der Waals surface area contributed by atoms with Crippen LogP contribution in [0.25, 0.3) is 0 Å². The molecule has 0 fully saturated rings. The summed E-state index contributed by atoms with van der Waals surface area (Å²) in [7, 11) is -6.92. The molecule has 0 aliphatic rings. The first kappa shape index (κ1) is 19.3. The van der Waals surface area contributed by atoms with Gasteiger partial charge in [0, 0.05) is 0 Å². The number of alkyl halides is 5. The molecular formula is C8H10F6O3S. The van der Waals surface area contributed by atoms with E-state index in [0.717, 1.165) is 0 Å². The molecule has 0 N–H and O–H groups in total. The van der Waals surface area contributed by atoms with Crippen LogP contribution in [0.4, 0.5) is 25.8 Å². The van der Waals surface area contributed by atoms with Crippen LogP contribution in [0, 0.1) is 0 Å². The minimum absolute atomic E-state index is 0.617. The molecule has 0 saturated carbocycles. The van der Waals surface area contributed by atoms with Gasteiger partial charge in [-0.25, -0.2) is 0 Å². The number of rotatable bonds is 5. The van der Waals surface area contributed by atoms with Gasteiger partial charge in [-0.15, -0.1) is 13.2 Å². The first-order chi connectivity index (χ1) is 7.91. The topological polar surface area (TPSA) is 43.4 Å². The van der Waals surface area contributed by atoms with Crippen LogP contribution >= 0.6 is 0 Å². The molecular weight excluding hydrogens is 290 g/mol. The lowest BCUT2D eigenvalue weighted by molar-refractivity contribution is -0.242. The first-order valence-corrected chi connectivity index (χ1v) is 5.48. The minimum atomic E-state index is -6.92. The maximum absolute atomic E-state index is 11.3. The van der Waals surface area contributed by atoms with Crippen LogP contribution in [0.3, 0.4) is 0 Å². The molecule has 108 valence electrons. The van der Waals surface area contributed by atoms with Crippen molar-refractivity contribution in [2.75, 3.05) is 13.2 Å². The Morgan fingerprint density at radius 3 is 1.44 bits per heavy atom. The van der Waals surface area contributed by atoms with Gasteiger partial charge >= 0.3 is 21.7 Å². The van der Waals surface area contributed by atoms with Crippen molar-refractivity contribution in [3.63, 3.8) is 0 Å². The van der Waals surface area contributed by atoms with E-state index < -0.39 is 21.7 Å². The summed E-state index contributed by atoms with van der Waals surface area (Å²) in [6, 6.07) is 0. The van der Waals surface area contributed by atoms with Crippen LogP contribution in [0.2, 0.25) is 0 Å². The summed E-state index contributed by atoms with van der Waals surface area (Å²) in [4.78, 5) is 0. The van der Waals surface area contributed by atoms with E-state index in [-0.39, 0.29) is 0 Å². The molecule has 0 unspecified atom stereocenters. The number of hydrogen-bond donors (Lipinski definition) is 0. The highest BCUT2D eigenvalue weighted by atomic mass is 32.3. The molecule has 0 amide bonds. The second-order valence-electron chi connectivity index (χ2n) is 2.57. The second kappa shape index (κ2) is 7.41. The molecule has 0 spiro atoms. The lowest BCUT2D eigenvalue weighted by Gasteiger charge is -2.13. The van der Waals surface area contributed by atoms with Crippen LogP contribution < -0.4 is 0 Å². The Labute approximate surface area is 99.9 Å². The molecule has 0 saturated heterocycles. The van der Waals surface area contributed by atoms with E-state index in [1.165, 1.54) is 0 Å². The zero-order valence-electron chi connectivity index (χ0n) is 8.88. The molecule has 3 nitrogen and oxygen atoms in total. The van der Waals surface area contributed by atoms with Gasteiger partial charge in [0.25, 0.3) is 0 Å². The molecule has 0 radical (unpaired) electrons. The number of hydrogen-bond acceptors (Lipinski definition) is 3. The Balaban J connectivity index is 0. The molecule has 0 atom stereocenters. The highest BCUT2D eigenvalue weighted by Crippen LogP contribution is 2.40. The van der Waals surface area contributed by atoms with Gasteiger partial charge in [-0.3, -0.25) is 0 Å². The maximum Gasteiger partial charge on any atom is 0.472 e. The molecule has 0 bridgehead atoms. The summed E-state index contributed by atoms with van der Waals surface area (Å²) in [6.07, 6.45) is -2.99. The fraction of sp³-hybridized carbons (Fsp3) is 0.500. The fourth-order valence-electron chi connectivity index (χ4n) is 0.373. The van der Waals surface area contributed by atoms with E-state index in [1.54, 1.807) is 12.2 Å². The van der Waals surface area contributed by atoms with E-state index in [1.807, 2.05) is 0 Å². The molecule has 0 aromatic carbocycles. The summed E-state index contributed by atoms with van der Waals surface area (Å²) < 4.78 is 90.0. The molecule has 10 heteroatoms. The van der Waals surface area contributed by atoms with Gasteiger partial charge in [-0.2, -0.15) is 30.4 Å². The Morgan fingerprint density at radius 1 is 1.00 bits per heavy atom. The Morgan fingerprint density at radius 2 is 1.33 bits per heavy atom. The average Bonchev–Trinajstić information content (AvgIpc) is 2.16. The van der Waals surface area contributed by atoms with Gasteiger partial charge < -0.3 is 4.74 Å². The van der Waals surface area contributed by atoms with Crippen LogP contribution in [0.1, 0.15) is 0 Å². The van der Waals surface area contributed by atoms with Crippen molar-refractivity contribution >= 4 is 10.2 Å². The standard InChI is InChI=1S/C6H10O.C2F6O2S/c1-3-5-7-6-4-2;3-1(4,5)2(6,7)11(8,9)10/h3-4H,1-2,5-6H2;. The average molecular weight is 300 g/mol. The normalized spacial score (nSPS) is 12.3. The summed E-state index contributed by atoms with van der Waals surface area (Å²) in [5, 5.41) is -6.32. The molecule has 0 aliphatic carbocycles. The van der Waals surface area contributed by atoms with Crippen LogP contribution in [0.15, 0.2) is 25.3 Å². The van der Waals surface area contributed by atoms with Gasteiger partial charge in [0.2, 0.25) is 0 Å². The van der Waals surface area contributed by atoms with Gasteiger partial charge in [-0.05, 0) is 0 Å². The predicted molar refractivity (Wildman–Crippen MR) is 52.2 cm³/mol. The predicted octanol–water partition coefficient (Wildman–Crippen LogP) is 2.82. The smallest absolute Gasteiger partial charge is 0.373 e. The largest absolute Gasteiger partial charge is 0.472 e. The van der Waals surface area contributed by atoms with Crippen molar-refractivity contribution in [2.45, 2.75) is 11.4 Å². The van der Waals surface area contributed by atoms with E-state index in [0.29, 0.717) is 13.2 Å². The van der Waals surface area contributed by atoms with Crippen molar-refractivity contribution in [2.24, 2.45) is 0 Å². The van der Waals surface area contributed by atoms with E-state index in [9.17, 15) is 25.8 Å². The van der Waals surface area contributed by atoms with Gasteiger partial charge in [-0.1, -0.05) is 16.0 Å². The van der Waals surface area contributed by atoms with Gasteiger partial charge in [0.1, 0.15) is 0 Å². The summed E-state index contributed by atoms with van der Waals surface area (Å²) in [5.41, 5.74) is 0. The fourth-order valence-corrected chi connectivity index (χ4v) is 0.649. The summed E-state index contributed by atoms with van der Waals surface area (Å²) >= 11 is 0. The molecule has 0 aliphatic heterocycles. The summed E-state index contributed by atoms with van der Waals surface area (Å²) in [5.74, 6) is 0. The maximum atomic E-state index is 11.3. The third-order valence-corrected chi connectivity index (χ3v) is 1.95. The second-order valence-corrected chi connectivity index (χ2v) is 3.96. The van der Waals surface area contributed by atoms with Gasteiger partial charge in [0.15, 0.2) is 0 Å².